The number of nitrogens with zero attached hydrogens (tertiary/aromatic N) is 5. The van der Waals surface area contributed by atoms with Gasteiger partial charge in [0.2, 0.25) is 0 Å². The van der Waals surface area contributed by atoms with E-state index in [-0.39, 0.29) is 11.3 Å². The molecule has 0 fully saturated rings. The fourth-order valence-electron chi connectivity index (χ4n) is 3.96. The fourth-order valence-corrected chi connectivity index (χ4v) is 3.96. The number of amides is 1. The minimum absolute atomic E-state index is 0.225. The van der Waals surface area contributed by atoms with Crippen LogP contribution < -0.4 is 5.32 Å². The van der Waals surface area contributed by atoms with Crippen molar-refractivity contribution in [1.29, 1.82) is 0 Å². The summed E-state index contributed by atoms with van der Waals surface area (Å²) in [5.41, 5.74) is -0.788. The van der Waals surface area contributed by atoms with Crippen LogP contribution in [0.5, 0.6) is 0 Å². The highest BCUT2D eigenvalue weighted by Crippen LogP contribution is 2.36. The molecule has 0 saturated carbocycles. The van der Waals surface area contributed by atoms with E-state index in [1.807, 2.05) is 0 Å². The summed E-state index contributed by atoms with van der Waals surface area (Å²) in [6.07, 6.45) is -7.15. The molecule has 0 aliphatic carbocycles. The summed E-state index contributed by atoms with van der Waals surface area (Å²) in [5, 5.41) is 10.5. The molecule has 1 atom stereocenters. The lowest BCUT2D eigenvalue weighted by molar-refractivity contribution is -0.142. The highest BCUT2D eigenvalue weighted by atomic mass is 19.4. The number of fused-ring (bicyclic) bond motifs is 1. The molecule has 4 rings (SSSR count). The second-order valence-electron chi connectivity index (χ2n) is 7.71. The summed E-state index contributed by atoms with van der Waals surface area (Å²) in [4.78, 5) is 16.1. The third-order valence-corrected chi connectivity index (χ3v) is 5.46. The van der Waals surface area contributed by atoms with Crippen molar-refractivity contribution in [3.63, 3.8) is 0 Å². The molecule has 7 nitrogen and oxygen atoms in total. The van der Waals surface area contributed by atoms with Crippen molar-refractivity contribution in [3.05, 3.63) is 52.7 Å². The Morgan fingerprint density at radius 1 is 1.09 bits per heavy atom. The molecule has 13 heteroatoms. The summed E-state index contributed by atoms with van der Waals surface area (Å²) in [5.74, 6) is -0.746. The second kappa shape index (κ2) is 7.89. The van der Waals surface area contributed by atoms with Crippen LogP contribution in [0.15, 0.2) is 24.4 Å². The summed E-state index contributed by atoms with van der Waals surface area (Å²) in [6, 6.07) is 2.41. The number of rotatable bonds is 3. The normalized spacial score (nSPS) is 16.5. The largest absolute Gasteiger partial charge is 0.435 e. The van der Waals surface area contributed by atoms with Crippen molar-refractivity contribution < 1.29 is 31.1 Å². The van der Waals surface area contributed by atoms with Gasteiger partial charge in [-0.25, -0.2) is 0 Å². The van der Waals surface area contributed by atoms with Crippen LogP contribution in [0.4, 0.5) is 26.3 Å². The third kappa shape index (κ3) is 4.31. The molecule has 1 amide bonds. The lowest BCUT2D eigenvalue weighted by atomic mass is 9.98. The smallest absolute Gasteiger partial charge is 0.342 e. The number of pyridine rings is 1. The van der Waals surface area contributed by atoms with E-state index in [1.54, 1.807) is 11.6 Å². The minimum atomic E-state index is -4.69. The van der Waals surface area contributed by atoms with Crippen molar-refractivity contribution in [3.8, 4) is 11.3 Å². The predicted octanol–water partition coefficient (Wildman–Crippen LogP) is 4.29. The molecule has 176 valence electrons. The Morgan fingerprint density at radius 2 is 1.79 bits per heavy atom. The minimum Gasteiger partial charge on any atom is -0.342 e. The maximum Gasteiger partial charge on any atom is 0.435 e. The van der Waals surface area contributed by atoms with Crippen molar-refractivity contribution in [2.45, 2.75) is 44.7 Å². The number of carbonyl (C=O) groups is 1. The van der Waals surface area contributed by atoms with E-state index in [9.17, 15) is 31.1 Å². The van der Waals surface area contributed by atoms with Gasteiger partial charge in [-0.3, -0.25) is 19.1 Å². The van der Waals surface area contributed by atoms with Crippen LogP contribution >= 0.6 is 0 Å². The van der Waals surface area contributed by atoms with Gasteiger partial charge in [-0.1, -0.05) is 0 Å². The van der Waals surface area contributed by atoms with Gasteiger partial charge >= 0.3 is 12.4 Å². The second-order valence-corrected chi connectivity index (χ2v) is 7.71. The molecule has 0 aromatic carbocycles. The Kier molecular flexibility index (Phi) is 5.45. The SMILES string of the molecule is Cc1c(-c2ccnc(C(F)(F)F)c2)nn2c1[C@H](NC(=O)c1cc(C(F)(F)F)nn1C)CCC2. The molecule has 0 spiro atoms. The number of carbonyl (C=O) groups excluding carboxylic acids is 1. The van der Waals surface area contributed by atoms with Crippen LogP contribution in [-0.4, -0.2) is 30.5 Å². The number of halogens is 6. The molecule has 1 N–H and O–H groups in total. The molecule has 0 bridgehead atoms. The van der Waals surface area contributed by atoms with Gasteiger partial charge in [-0.05, 0) is 31.9 Å². The zero-order valence-corrected chi connectivity index (χ0v) is 17.4. The number of aryl methyl sites for hydroxylation is 2. The summed E-state index contributed by atoms with van der Waals surface area (Å²) >= 11 is 0. The highest BCUT2D eigenvalue weighted by Gasteiger charge is 2.36. The van der Waals surface area contributed by atoms with Crippen LogP contribution in [0, 0.1) is 6.92 Å². The van der Waals surface area contributed by atoms with Gasteiger partial charge in [0.1, 0.15) is 11.4 Å². The van der Waals surface area contributed by atoms with E-state index in [0.717, 1.165) is 16.9 Å². The molecule has 33 heavy (non-hydrogen) atoms. The number of hydrogen-bond donors (Lipinski definition) is 1. The van der Waals surface area contributed by atoms with E-state index < -0.39 is 35.7 Å². The Morgan fingerprint density at radius 3 is 2.42 bits per heavy atom. The maximum absolute atomic E-state index is 13.1. The molecule has 1 aliphatic heterocycles. The average molecular weight is 472 g/mol. The van der Waals surface area contributed by atoms with Crippen molar-refractivity contribution in [1.82, 2.24) is 29.9 Å². The fraction of sp³-hybridized carbons (Fsp3) is 0.400. The van der Waals surface area contributed by atoms with Gasteiger partial charge in [0, 0.05) is 37.0 Å². The van der Waals surface area contributed by atoms with Gasteiger partial charge in [-0.2, -0.15) is 36.5 Å². The molecule has 3 aromatic heterocycles. The maximum atomic E-state index is 13.1. The van der Waals surface area contributed by atoms with E-state index in [0.29, 0.717) is 42.4 Å². The van der Waals surface area contributed by atoms with Crippen LogP contribution in [0.3, 0.4) is 0 Å². The average Bonchev–Trinajstić information content (AvgIpc) is 3.28. The molecular weight excluding hydrogens is 454 g/mol. The standard InChI is InChI=1S/C20H18F6N6O/c1-10-16(11-5-6-27-14(8-11)19(21,22)23)30-32-7-3-4-12(17(10)32)28-18(33)13-9-15(20(24,25)26)29-31(13)2/h5-6,8-9,12H,3-4,7H2,1-2H3,(H,28,33)/t12-/m1/s1. The summed E-state index contributed by atoms with van der Waals surface area (Å²) < 4.78 is 80.5. The molecular formula is C20H18F6N6O. The number of alkyl halides is 6. The Balaban J connectivity index is 1.65. The van der Waals surface area contributed by atoms with Crippen molar-refractivity contribution in [2.24, 2.45) is 7.05 Å². The van der Waals surface area contributed by atoms with Gasteiger partial charge in [0.25, 0.3) is 5.91 Å². The molecule has 4 heterocycles. The van der Waals surface area contributed by atoms with Crippen LogP contribution in [0.2, 0.25) is 0 Å². The van der Waals surface area contributed by atoms with E-state index in [2.05, 4.69) is 20.5 Å². The quantitative estimate of drug-likeness (QED) is 0.577. The Labute approximate surface area is 183 Å². The zero-order chi connectivity index (χ0) is 24.1. The monoisotopic (exact) mass is 472 g/mol. The van der Waals surface area contributed by atoms with Crippen molar-refractivity contribution >= 4 is 5.91 Å². The summed E-state index contributed by atoms with van der Waals surface area (Å²) in [7, 11) is 1.24. The number of aromatic nitrogens is 5. The third-order valence-electron chi connectivity index (χ3n) is 5.46. The first-order chi connectivity index (χ1) is 15.4. The first kappa shape index (κ1) is 22.8. The Bertz CT molecular complexity index is 1210. The Hall–Kier alpha value is -3.38. The van der Waals surface area contributed by atoms with Crippen LogP contribution in [-0.2, 0) is 25.9 Å². The van der Waals surface area contributed by atoms with Crippen molar-refractivity contribution in [2.75, 3.05) is 0 Å². The van der Waals surface area contributed by atoms with Gasteiger partial charge in [0.05, 0.1) is 17.4 Å². The highest BCUT2D eigenvalue weighted by molar-refractivity contribution is 5.93. The predicted molar refractivity (Wildman–Crippen MR) is 103 cm³/mol. The lowest BCUT2D eigenvalue weighted by Crippen LogP contribution is -2.34. The molecule has 1 aliphatic rings. The van der Waals surface area contributed by atoms with E-state index in [4.69, 9.17) is 0 Å². The van der Waals surface area contributed by atoms with Gasteiger partial charge in [0.15, 0.2) is 5.69 Å². The van der Waals surface area contributed by atoms with E-state index in [1.165, 1.54) is 13.1 Å². The van der Waals surface area contributed by atoms with Gasteiger partial charge in [-0.15, -0.1) is 0 Å². The van der Waals surface area contributed by atoms with Gasteiger partial charge < -0.3 is 5.32 Å². The zero-order valence-electron chi connectivity index (χ0n) is 17.4. The molecule has 3 aromatic rings. The first-order valence-electron chi connectivity index (χ1n) is 9.89. The molecule has 0 unspecified atom stereocenters. The molecule has 0 radical (unpaired) electrons. The number of hydrogen-bond acceptors (Lipinski definition) is 4. The topological polar surface area (TPSA) is 77.6 Å². The molecule has 0 saturated heterocycles. The van der Waals surface area contributed by atoms with Crippen LogP contribution in [0.1, 0.15) is 52.0 Å². The number of nitrogens with one attached hydrogen (secondary N) is 1. The summed E-state index contributed by atoms with van der Waals surface area (Å²) in [6.45, 7) is 2.17. The van der Waals surface area contributed by atoms with Crippen LogP contribution in [0.25, 0.3) is 11.3 Å². The lowest BCUT2D eigenvalue weighted by Gasteiger charge is -2.25. The first-order valence-corrected chi connectivity index (χ1v) is 9.89. The van der Waals surface area contributed by atoms with E-state index >= 15 is 0 Å².